The van der Waals surface area contributed by atoms with Crippen molar-refractivity contribution in [2.24, 2.45) is 5.11 Å². The highest BCUT2D eigenvalue weighted by molar-refractivity contribution is 5.13. The van der Waals surface area contributed by atoms with Gasteiger partial charge in [-0.05, 0) is 5.53 Å². The molecule has 116 valence electrons. The lowest BCUT2D eigenvalue weighted by atomic mass is 10.1. The Bertz CT molecular complexity index is 743. The predicted octanol–water partition coefficient (Wildman–Crippen LogP) is -0.602. The molecule has 22 heavy (non-hydrogen) atoms. The zero-order valence-electron chi connectivity index (χ0n) is 11.2. The lowest BCUT2D eigenvalue weighted by molar-refractivity contribution is -0.0273. The smallest absolute Gasteiger partial charge is 0.330 e. The molecule has 11 nitrogen and oxygen atoms in total. The molecule has 3 atom stereocenters. The average molecular weight is 308 g/mol. The molecule has 1 aliphatic rings. The van der Waals surface area contributed by atoms with Gasteiger partial charge in [-0.3, -0.25) is 14.3 Å². The molecule has 0 bridgehead atoms. The molecule has 0 radical (unpaired) electrons. The fourth-order valence-corrected chi connectivity index (χ4v) is 2.13. The van der Waals surface area contributed by atoms with Crippen LogP contribution in [0.25, 0.3) is 10.4 Å². The second-order valence-electron chi connectivity index (χ2n) is 4.43. The maximum atomic E-state index is 11.9. The molecule has 0 aliphatic carbocycles. The van der Waals surface area contributed by atoms with Gasteiger partial charge in [0.2, 0.25) is 5.75 Å². The summed E-state index contributed by atoms with van der Waals surface area (Å²) in [5.74, 6) is -0.211. The van der Waals surface area contributed by atoms with Gasteiger partial charge in [-0.15, -0.1) is 0 Å². The molecule has 2 heterocycles. The summed E-state index contributed by atoms with van der Waals surface area (Å²) in [6.45, 7) is -0.733. The predicted molar refractivity (Wildman–Crippen MR) is 71.0 cm³/mol. The molecule has 1 aromatic heterocycles. The quantitative estimate of drug-likeness (QED) is 0.418. The first-order valence-electron chi connectivity index (χ1n) is 6.26. The summed E-state index contributed by atoms with van der Waals surface area (Å²) in [5, 5.41) is 21.2. The number of H-pyrrole nitrogens is 1. The van der Waals surface area contributed by atoms with Gasteiger partial charge in [0.1, 0.15) is 12.3 Å². The normalized spacial score (nSPS) is 23.5. The van der Waals surface area contributed by atoms with E-state index >= 15 is 0 Å². The van der Waals surface area contributed by atoms with E-state index < -0.39 is 29.6 Å². The number of rotatable bonds is 5. The van der Waals surface area contributed by atoms with Gasteiger partial charge in [-0.25, -0.2) is 4.79 Å². The molecule has 0 unspecified atom stereocenters. The number of nitriles is 1. The molecule has 1 fully saturated rings. The van der Waals surface area contributed by atoms with Gasteiger partial charge in [-0.2, -0.15) is 5.26 Å². The SMILES string of the molecule is N#CCOc1cn([C@H]2C[C@H](N=[N+]=[N-])[C@@H](CO)O2)c(=O)[nH]c1=O. The topological polar surface area (TPSA) is 166 Å². The molecule has 0 aromatic carbocycles. The lowest BCUT2D eigenvalue weighted by Gasteiger charge is -2.15. The second kappa shape index (κ2) is 6.77. The van der Waals surface area contributed by atoms with Crippen LogP contribution in [0.2, 0.25) is 0 Å². The molecular weight excluding hydrogens is 296 g/mol. The van der Waals surface area contributed by atoms with Gasteiger partial charge in [-0.1, -0.05) is 5.11 Å². The van der Waals surface area contributed by atoms with E-state index in [1.165, 1.54) is 0 Å². The summed E-state index contributed by atoms with van der Waals surface area (Å²) < 4.78 is 11.4. The Labute approximate surface area is 123 Å². The van der Waals surface area contributed by atoms with Crippen molar-refractivity contribution in [2.45, 2.75) is 24.8 Å². The summed E-state index contributed by atoms with van der Waals surface area (Å²) in [5.41, 5.74) is 6.98. The molecule has 1 aliphatic heterocycles. The van der Waals surface area contributed by atoms with Gasteiger partial charge < -0.3 is 14.6 Å². The van der Waals surface area contributed by atoms with E-state index in [1.54, 1.807) is 6.07 Å². The fourth-order valence-electron chi connectivity index (χ4n) is 2.13. The zero-order valence-corrected chi connectivity index (χ0v) is 11.2. The van der Waals surface area contributed by atoms with Crippen LogP contribution >= 0.6 is 0 Å². The van der Waals surface area contributed by atoms with Crippen molar-refractivity contribution >= 4 is 0 Å². The molecule has 0 amide bonds. The van der Waals surface area contributed by atoms with Crippen molar-refractivity contribution in [1.82, 2.24) is 9.55 Å². The van der Waals surface area contributed by atoms with Crippen LogP contribution in [0.4, 0.5) is 0 Å². The minimum atomic E-state index is -0.832. The maximum Gasteiger partial charge on any atom is 0.330 e. The molecule has 0 spiro atoms. The third kappa shape index (κ3) is 3.09. The Morgan fingerprint density at radius 2 is 2.45 bits per heavy atom. The third-order valence-electron chi connectivity index (χ3n) is 3.12. The number of aliphatic hydroxyl groups excluding tert-OH is 1. The van der Waals surface area contributed by atoms with Crippen LogP contribution in [0.1, 0.15) is 12.6 Å². The first-order chi connectivity index (χ1) is 10.6. The van der Waals surface area contributed by atoms with Gasteiger partial charge >= 0.3 is 5.69 Å². The highest BCUT2D eigenvalue weighted by atomic mass is 16.5. The molecule has 1 saturated heterocycles. The van der Waals surface area contributed by atoms with Crippen molar-refractivity contribution in [3.63, 3.8) is 0 Å². The van der Waals surface area contributed by atoms with Crippen molar-refractivity contribution in [2.75, 3.05) is 13.2 Å². The van der Waals surface area contributed by atoms with E-state index in [9.17, 15) is 14.7 Å². The highest BCUT2D eigenvalue weighted by Gasteiger charge is 2.36. The third-order valence-corrected chi connectivity index (χ3v) is 3.12. The van der Waals surface area contributed by atoms with Crippen LogP contribution < -0.4 is 16.0 Å². The number of aromatic nitrogens is 2. The van der Waals surface area contributed by atoms with Crippen LogP contribution in [-0.2, 0) is 4.74 Å². The van der Waals surface area contributed by atoms with Crippen molar-refractivity contribution < 1.29 is 14.6 Å². The monoisotopic (exact) mass is 308 g/mol. The lowest BCUT2D eigenvalue weighted by Crippen LogP contribution is -2.33. The fraction of sp³-hybridized carbons (Fsp3) is 0.545. The average Bonchev–Trinajstić information content (AvgIpc) is 2.89. The van der Waals surface area contributed by atoms with Crippen LogP contribution in [0.3, 0.4) is 0 Å². The zero-order chi connectivity index (χ0) is 16.1. The van der Waals surface area contributed by atoms with E-state index in [0.29, 0.717) is 0 Å². The summed E-state index contributed by atoms with van der Waals surface area (Å²) >= 11 is 0. The van der Waals surface area contributed by atoms with E-state index in [4.69, 9.17) is 20.3 Å². The van der Waals surface area contributed by atoms with Crippen LogP contribution in [0, 0.1) is 11.3 Å². The van der Waals surface area contributed by atoms with Crippen LogP contribution in [0.15, 0.2) is 20.9 Å². The van der Waals surface area contributed by atoms with Crippen LogP contribution in [0.5, 0.6) is 5.75 Å². The van der Waals surface area contributed by atoms with Crippen molar-refractivity contribution in [3.05, 3.63) is 37.5 Å². The minimum Gasteiger partial charge on any atom is -0.471 e. The summed E-state index contributed by atoms with van der Waals surface area (Å²) in [7, 11) is 0. The molecule has 2 rings (SSSR count). The van der Waals surface area contributed by atoms with Gasteiger partial charge in [0, 0.05) is 11.3 Å². The molecular formula is C11H12N6O5. The van der Waals surface area contributed by atoms with Crippen molar-refractivity contribution in [1.29, 1.82) is 5.26 Å². The number of aromatic amines is 1. The number of hydrogen-bond acceptors (Lipinski definition) is 7. The van der Waals surface area contributed by atoms with E-state index in [-0.39, 0.29) is 25.4 Å². The van der Waals surface area contributed by atoms with E-state index in [2.05, 4.69) is 10.0 Å². The molecule has 0 saturated carbocycles. The Kier molecular flexibility index (Phi) is 4.80. The molecule has 2 N–H and O–H groups in total. The number of nitrogens with zero attached hydrogens (tertiary/aromatic N) is 5. The summed E-state index contributed by atoms with van der Waals surface area (Å²) in [4.78, 5) is 28.1. The second-order valence-corrected chi connectivity index (χ2v) is 4.43. The number of hydrogen-bond donors (Lipinski definition) is 2. The Hall–Kier alpha value is -2.80. The Morgan fingerprint density at radius 3 is 3.09 bits per heavy atom. The number of aliphatic hydroxyl groups is 1. The minimum absolute atomic E-state index is 0.152. The van der Waals surface area contributed by atoms with E-state index in [0.717, 1.165) is 10.8 Å². The van der Waals surface area contributed by atoms with Gasteiger partial charge in [0.05, 0.1) is 24.9 Å². The maximum absolute atomic E-state index is 11.9. The Morgan fingerprint density at radius 1 is 1.68 bits per heavy atom. The number of ether oxygens (including phenoxy) is 2. The van der Waals surface area contributed by atoms with Gasteiger partial charge in [0.15, 0.2) is 6.61 Å². The van der Waals surface area contributed by atoms with Crippen molar-refractivity contribution in [3.8, 4) is 11.8 Å². The Balaban J connectivity index is 2.33. The van der Waals surface area contributed by atoms with Gasteiger partial charge in [0.25, 0.3) is 5.56 Å². The summed E-state index contributed by atoms with van der Waals surface area (Å²) in [6.07, 6.45) is -0.306. The summed E-state index contributed by atoms with van der Waals surface area (Å²) in [6, 6.07) is 1.07. The molecule has 11 heteroatoms. The number of nitrogens with one attached hydrogen (secondary N) is 1. The first-order valence-corrected chi connectivity index (χ1v) is 6.26. The standard InChI is InChI=1S/C11H12N6O5/c12-1-2-21-7-4-17(11(20)14-10(7)19)9-3-6(15-16-13)8(5-18)22-9/h4,6,8-9,18H,2-3,5H2,(H,14,19,20)/t6-,8+,9+/m0/s1. The van der Waals surface area contributed by atoms with Crippen LogP contribution in [-0.4, -0.2) is 40.0 Å². The highest BCUT2D eigenvalue weighted by Crippen LogP contribution is 2.30. The number of azide groups is 1. The van der Waals surface area contributed by atoms with E-state index in [1.807, 2.05) is 4.98 Å². The largest absolute Gasteiger partial charge is 0.471 e. The molecule has 1 aromatic rings. The first kappa shape index (κ1) is 15.6.